The number of carbonyl (C=O) groups excluding carboxylic acids is 3. The fraction of sp³-hybridized carbons (Fsp3) is 0.286. The van der Waals surface area contributed by atoms with Crippen molar-refractivity contribution in [2.45, 2.75) is 52.1 Å². The van der Waals surface area contributed by atoms with Gasteiger partial charge >= 0.3 is 17.9 Å². The van der Waals surface area contributed by atoms with Gasteiger partial charge in [-0.2, -0.15) is 0 Å². The van der Waals surface area contributed by atoms with Crippen LogP contribution < -0.4 is 9.47 Å². The number of halogens is 1. The molecular weight excluding hydrogens is 551 g/mol. The van der Waals surface area contributed by atoms with Crippen molar-refractivity contribution >= 4 is 17.9 Å². The summed E-state index contributed by atoms with van der Waals surface area (Å²) < 4.78 is 36.1. The van der Waals surface area contributed by atoms with Gasteiger partial charge in [0, 0.05) is 16.7 Å². The van der Waals surface area contributed by atoms with Gasteiger partial charge in [0.1, 0.15) is 23.9 Å². The van der Waals surface area contributed by atoms with Crippen LogP contribution in [0.3, 0.4) is 0 Å². The van der Waals surface area contributed by atoms with Gasteiger partial charge in [-0.25, -0.2) is 14.0 Å². The standard InChI is InChI=1S/C35H35FO7/c1-22(2)33(37)40-20-24-5-7-26(8-6-24)31-18-13-28(19-32(31)36)25-9-11-27(12-10-25)35(39)43-30-16-14-29(15-17-30)41-21-42-34(38)23(3)4/h5-8,13-19,25,27H,1,3,9-12,20-21H2,2,4H3. The van der Waals surface area contributed by atoms with E-state index in [1.807, 2.05) is 6.07 Å². The third kappa shape index (κ3) is 8.64. The van der Waals surface area contributed by atoms with Crippen LogP contribution in [0.15, 0.2) is 91.0 Å². The van der Waals surface area contributed by atoms with E-state index in [9.17, 15) is 14.4 Å². The molecule has 0 aliphatic heterocycles. The number of benzene rings is 3. The second kappa shape index (κ2) is 14.4. The maximum absolute atomic E-state index is 15.2. The molecule has 0 amide bonds. The van der Waals surface area contributed by atoms with Crippen LogP contribution in [0, 0.1) is 11.7 Å². The van der Waals surface area contributed by atoms with Gasteiger partial charge in [-0.3, -0.25) is 4.79 Å². The van der Waals surface area contributed by atoms with Crippen LogP contribution in [0.5, 0.6) is 11.5 Å². The molecule has 0 radical (unpaired) electrons. The molecular formula is C35H35FO7. The van der Waals surface area contributed by atoms with Crippen molar-refractivity contribution in [3.63, 3.8) is 0 Å². The summed E-state index contributed by atoms with van der Waals surface area (Å²) >= 11 is 0. The minimum absolute atomic E-state index is 0.126. The number of ether oxygens (including phenoxy) is 4. The van der Waals surface area contributed by atoms with Gasteiger partial charge in [-0.05, 0) is 92.5 Å². The molecule has 3 aromatic carbocycles. The Bertz CT molecular complexity index is 1480. The number of hydrogen-bond donors (Lipinski definition) is 0. The SMILES string of the molecule is C=C(C)C(=O)OCOc1ccc(OC(=O)C2CCC(c3ccc(-c4ccc(COC(=O)C(=C)C)cc4)c(F)c3)CC2)cc1. The molecule has 0 unspecified atom stereocenters. The zero-order valence-corrected chi connectivity index (χ0v) is 24.4. The van der Waals surface area contributed by atoms with E-state index in [4.69, 9.17) is 18.9 Å². The topological polar surface area (TPSA) is 88.1 Å². The largest absolute Gasteiger partial charge is 0.457 e. The monoisotopic (exact) mass is 586 g/mol. The van der Waals surface area contributed by atoms with Crippen molar-refractivity contribution in [1.29, 1.82) is 0 Å². The molecule has 7 nitrogen and oxygen atoms in total. The molecule has 0 aromatic heterocycles. The highest BCUT2D eigenvalue weighted by atomic mass is 19.1. The Kier molecular flexibility index (Phi) is 10.5. The van der Waals surface area contributed by atoms with E-state index in [2.05, 4.69) is 13.2 Å². The predicted octanol–water partition coefficient (Wildman–Crippen LogP) is 7.45. The Morgan fingerprint density at radius 2 is 1.40 bits per heavy atom. The predicted molar refractivity (Wildman–Crippen MR) is 160 cm³/mol. The average Bonchev–Trinajstić information content (AvgIpc) is 3.01. The Balaban J connectivity index is 1.25. The number of rotatable bonds is 11. The molecule has 1 aliphatic carbocycles. The lowest BCUT2D eigenvalue weighted by molar-refractivity contribution is -0.145. The second-order valence-electron chi connectivity index (χ2n) is 10.7. The zero-order valence-electron chi connectivity index (χ0n) is 24.4. The minimum atomic E-state index is -0.536. The van der Waals surface area contributed by atoms with Crippen LogP contribution in [-0.2, 0) is 30.5 Å². The quantitative estimate of drug-likeness (QED) is 0.0998. The third-order valence-corrected chi connectivity index (χ3v) is 7.31. The molecule has 224 valence electrons. The summed E-state index contributed by atoms with van der Waals surface area (Å²) in [6.07, 6.45) is 2.82. The highest BCUT2D eigenvalue weighted by molar-refractivity contribution is 5.87. The van der Waals surface area contributed by atoms with Crippen molar-refractivity contribution < 1.29 is 37.7 Å². The van der Waals surface area contributed by atoms with Crippen molar-refractivity contribution in [2.24, 2.45) is 5.92 Å². The molecule has 0 bridgehead atoms. The molecule has 0 spiro atoms. The first-order valence-corrected chi connectivity index (χ1v) is 14.1. The highest BCUT2D eigenvalue weighted by Gasteiger charge is 2.29. The van der Waals surface area contributed by atoms with Crippen LogP contribution in [0.2, 0.25) is 0 Å². The van der Waals surface area contributed by atoms with E-state index in [0.29, 0.717) is 35.5 Å². The van der Waals surface area contributed by atoms with E-state index < -0.39 is 11.9 Å². The maximum Gasteiger partial charge on any atom is 0.335 e. The molecule has 3 aromatic rings. The number of esters is 3. The fourth-order valence-corrected chi connectivity index (χ4v) is 4.81. The van der Waals surface area contributed by atoms with Crippen molar-refractivity contribution in [1.82, 2.24) is 0 Å². The Hall–Kier alpha value is -4.72. The van der Waals surface area contributed by atoms with Crippen molar-refractivity contribution in [2.75, 3.05) is 6.79 Å². The second-order valence-corrected chi connectivity index (χ2v) is 10.7. The van der Waals surface area contributed by atoms with Crippen LogP contribution >= 0.6 is 0 Å². The third-order valence-electron chi connectivity index (χ3n) is 7.31. The fourth-order valence-electron chi connectivity index (χ4n) is 4.81. The van der Waals surface area contributed by atoms with Crippen molar-refractivity contribution in [3.05, 3.63) is 108 Å². The van der Waals surface area contributed by atoms with Gasteiger partial charge in [0.05, 0.1) is 5.92 Å². The first kappa shape index (κ1) is 31.2. The van der Waals surface area contributed by atoms with Crippen LogP contribution in [0.1, 0.15) is 56.6 Å². The lowest BCUT2D eigenvalue weighted by Crippen LogP contribution is -2.25. The van der Waals surface area contributed by atoms with E-state index in [-0.39, 0.29) is 42.6 Å². The summed E-state index contributed by atoms with van der Waals surface area (Å²) in [6.45, 7) is 10.1. The Morgan fingerprint density at radius 1 is 0.791 bits per heavy atom. The molecule has 4 rings (SSSR count). The summed E-state index contributed by atoms with van der Waals surface area (Å²) in [5.74, 6) is -0.784. The Morgan fingerprint density at radius 3 is 2.00 bits per heavy atom. The molecule has 1 saturated carbocycles. The van der Waals surface area contributed by atoms with Crippen molar-refractivity contribution in [3.8, 4) is 22.6 Å². The zero-order chi connectivity index (χ0) is 30.9. The summed E-state index contributed by atoms with van der Waals surface area (Å²) in [4.78, 5) is 35.8. The summed E-state index contributed by atoms with van der Waals surface area (Å²) in [5.41, 5.74) is 3.57. The van der Waals surface area contributed by atoms with Crippen LogP contribution in [-0.4, -0.2) is 24.7 Å². The van der Waals surface area contributed by atoms with Crippen LogP contribution in [0.4, 0.5) is 4.39 Å². The van der Waals surface area contributed by atoms with Gasteiger partial charge in [-0.1, -0.05) is 49.6 Å². The Labute approximate surface area is 250 Å². The van der Waals surface area contributed by atoms with E-state index >= 15 is 4.39 Å². The molecule has 0 saturated heterocycles. The first-order valence-electron chi connectivity index (χ1n) is 14.1. The highest BCUT2D eigenvalue weighted by Crippen LogP contribution is 2.38. The molecule has 0 atom stereocenters. The normalized spacial score (nSPS) is 16.1. The van der Waals surface area contributed by atoms with Crippen LogP contribution in [0.25, 0.3) is 11.1 Å². The summed E-state index contributed by atoms with van der Waals surface area (Å²) in [7, 11) is 0. The molecule has 0 N–H and O–H groups in total. The van der Waals surface area contributed by atoms with Gasteiger partial charge < -0.3 is 18.9 Å². The molecule has 0 heterocycles. The van der Waals surface area contributed by atoms with E-state index in [0.717, 1.165) is 29.5 Å². The molecule has 8 heteroatoms. The lowest BCUT2D eigenvalue weighted by Gasteiger charge is -2.27. The van der Waals surface area contributed by atoms with E-state index in [1.165, 1.54) is 0 Å². The summed E-state index contributed by atoms with van der Waals surface area (Å²) in [5, 5.41) is 0. The van der Waals surface area contributed by atoms with Gasteiger partial charge in [0.2, 0.25) is 6.79 Å². The lowest BCUT2D eigenvalue weighted by atomic mass is 9.78. The minimum Gasteiger partial charge on any atom is -0.457 e. The van der Waals surface area contributed by atoms with Gasteiger partial charge in [0.25, 0.3) is 0 Å². The molecule has 1 aliphatic rings. The number of hydrogen-bond acceptors (Lipinski definition) is 7. The molecule has 1 fully saturated rings. The number of carbonyl (C=O) groups is 3. The average molecular weight is 587 g/mol. The van der Waals surface area contributed by atoms with Gasteiger partial charge in [-0.15, -0.1) is 0 Å². The smallest absolute Gasteiger partial charge is 0.335 e. The van der Waals surface area contributed by atoms with E-state index in [1.54, 1.807) is 74.5 Å². The maximum atomic E-state index is 15.2. The first-order chi connectivity index (χ1) is 20.6. The summed E-state index contributed by atoms with van der Waals surface area (Å²) in [6, 6.07) is 19.1. The molecule has 43 heavy (non-hydrogen) atoms. The van der Waals surface area contributed by atoms with Gasteiger partial charge in [0.15, 0.2) is 0 Å².